The van der Waals surface area contributed by atoms with Crippen molar-refractivity contribution in [3.8, 4) is 5.75 Å². The Morgan fingerprint density at radius 3 is 2.74 bits per heavy atom. The molecule has 0 radical (unpaired) electrons. The fourth-order valence-electron chi connectivity index (χ4n) is 3.16. The third kappa shape index (κ3) is 3.78. The normalized spacial score (nSPS) is 15.3. The second-order valence-electron chi connectivity index (χ2n) is 6.43. The first-order chi connectivity index (χ1) is 12.9. The van der Waals surface area contributed by atoms with Crippen molar-refractivity contribution in [2.24, 2.45) is 0 Å². The molecular weight excluding hydrogens is 351 g/mol. The van der Waals surface area contributed by atoms with Crippen molar-refractivity contribution < 1.29 is 23.8 Å². The van der Waals surface area contributed by atoms with Crippen molar-refractivity contribution >= 4 is 11.8 Å². The Morgan fingerprint density at radius 1 is 1.33 bits per heavy atom. The molecule has 27 heavy (non-hydrogen) atoms. The predicted octanol–water partition coefficient (Wildman–Crippen LogP) is 2.03. The van der Waals surface area contributed by atoms with Crippen LogP contribution in [0.15, 0.2) is 42.5 Å². The van der Waals surface area contributed by atoms with E-state index in [2.05, 4.69) is 5.32 Å². The number of ether oxygens (including phenoxy) is 1. The van der Waals surface area contributed by atoms with E-state index in [1.165, 1.54) is 24.1 Å². The van der Waals surface area contributed by atoms with E-state index >= 15 is 0 Å². The maximum Gasteiger partial charge on any atom is 0.255 e. The monoisotopic (exact) mass is 372 g/mol. The summed E-state index contributed by atoms with van der Waals surface area (Å²) in [4.78, 5) is 26.7. The zero-order chi connectivity index (χ0) is 19.6. The third-order valence-corrected chi connectivity index (χ3v) is 4.73. The Bertz CT molecular complexity index is 871. The number of hydrogen-bond donors (Lipinski definition) is 2. The molecule has 0 aromatic heterocycles. The molecule has 0 saturated carbocycles. The van der Waals surface area contributed by atoms with E-state index in [1.54, 1.807) is 25.1 Å². The smallest absolute Gasteiger partial charge is 0.255 e. The van der Waals surface area contributed by atoms with Crippen molar-refractivity contribution in [3.63, 3.8) is 0 Å². The molecule has 2 amide bonds. The highest BCUT2D eigenvalue weighted by Gasteiger charge is 2.34. The molecule has 2 atom stereocenters. The number of aliphatic hydroxyl groups excluding tert-OH is 1. The molecule has 1 heterocycles. The average Bonchev–Trinajstić information content (AvgIpc) is 3.01. The first kappa shape index (κ1) is 18.8. The van der Waals surface area contributed by atoms with Gasteiger partial charge < -0.3 is 20.1 Å². The predicted molar refractivity (Wildman–Crippen MR) is 96.7 cm³/mol. The number of carbonyl (C=O) groups excluding carboxylic acids is 2. The highest BCUT2D eigenvalue weighted by molar-refractivity contribution is 6.01. The number of nitrogens with zero attached hydrogens (tertiary/aromatic N) is 1. The molecule has 0 aliphatic carbocycles. The molecule has 0 fully saturated rings. The van der Waals surface area contributed by atoms with Crippen LogP contribution in [0.5, 0.6) is 5.75 Å². The molecule has 1 aliphatic rings. The Labute approximate surface area is 156 Å². The van der Waals surface area contributed by atoms with Crippen LogP contribution in [0.1, 0.15) is 34.5 Å². The van der Waals surface area contributed by atoms with Gasteiger partial charge in [0.15, 0.2) is 0 Å². The summed E-state index contributed by atoms with van der Waals surface area (Å²) in [5.41, 5.74) is 1.84. The maximum absolute atomic E-state index is 13.7. The van der Waals surface area contributed by atoms with Gasteiger partial charge in [-0.25, -0.2) is 4.39 Å². The van der Waals surface area contributed by atoms with Crippen LogP contribution in [-0.2, 0) is 11.3 Å². The summed E-state index contributed by atoms with van der Waals surface area (Å²) in [7, 11) is 1.41. The summed E-state index contributed by atoms with van der Waals surface area (Å²) in [5.74, 6) is -0.883. The third-order valence-electron chi connectivity index (χ3n) is 4.73. The van der Waals surface area contributed by atoms with E-state index in [9.17, 15) is 19.1 Å². The van der Waals surface area contributed by atoms with Gasteiger partial charge in [0.1, 0.15) is 17.6 Å². The summed E-state index contributed by atoms with van der Waals surface area (Å²) in [6.45, 7) is 1.56. The Morgan fingerprint density at radius 2 is 2.07 bits per heavy atom. The van der Waals surface area contributed by atoms with Crippen LogP contribution in [0, 0.1) is 5.82 Å². The van der Waals surface area contributed by atoms with Crippen molar-refractivity contribution in [1.82, 2.24) is 10.2 Å². The van der Waals surface area contributed by atoms with Crippen molar-refractivity contribution in [3.05, 3.63) is 65.0 Å². The molecule has 2 aromatic rings. The topological polar surface area (TPSA) is 78.9 Å². The lowest BCUT2D eigenvalue weighted by Crippen LogP contribution is -2.46. The minimum atomic E-state index is -0.815. The number of benzene rings is 2. The molecule has 2 N–H and O–H groups in total. The summed E-state index contributed by atoms with van der Waals surface area (Å²) < 4.78 is 18.8. The van der Waals surface area contributed by atoms with Crippen molar-refractivity contribution in [2.75, 3.05) is 13.7 Å². The van der Waals surface area contributed by atoms with E-state index in [1.807, 2.05) is 12.1 Å². The van der Waals surface area contributed by atoms with Crippen LogP contribution < -0.4 is 10.1 Å². The minimum Gasteiger partial charge on any atom is -0.497 e. The van der Waals surface area contributed by atoms with Crippen LogP contribution in [-0.4, -0.2) is 41.6 Å². The number of rotatable bonds is 6. The van der Waals surface area contributed by atoms with Gasteiger partial charge in [0.05, 0.1) is 19.8 Å². The summed E-state index contributed by atoms with van der Waals surface area (Å²) in [6.07, 6.45) is 0. The van der Waals surface area contributed by atoms with Gasteiger partial charge in [-0.2, -0.15) is 0 Å². The highest BCUT2D eigenvalue weighted by atomic mass is 19.1. The lowest BCUT2D eigenvalue weighted by Gasteiger charge is -2.26. The Balaban J connectivity index is 1.74. The van der Waals surface area contributed by atoms with Gasteiger partial charge in [0.25, 0.3) is 5.91 Å². The van der Waals surface area contributed by atoms with E-state index in [0.29, 0.717) is 17.7 Å². The van der Waals surface area contributed by atoms with Gasteiger partial charge in [-0.15, -0.1) is 0 Å². The van der Waals surface area contributed by atoms with Gasteiger partial charge in [-0.3, -0.25) is 9.59 Å². The number of aliphatic hydroxyl groups is 1. The molecule has 2 aromatic carbocycles. The van der Waals surface area contributed by atoms with E-state index in [-0.39, 0.29) is 11.7 Å². The fourth-order valence-corrected chi connectivity index (χ4v) is 3.16. The zero-order valence-electron chi connectivity index (χ0n) is 15.1. The summed E-state index contributed by atoms with van der Waals surface area (Å²) >= 11 is 0. The largest absolute Gasteiger partial charge is 0.497 e. The standard InChI is InChI=1S/C20H21FN2O4/c1-12(23-10-13-5-3-4-6-17(13)20(23)26)19(25)22-18(11-24)14-7-15(21)9-16(8-14)27-2/h3-9,12,18,24H,10-11H2,1-2H3,(H,22,25)/t12?,18-/m1/s1. The zero-order valence-corrected chi connectivity index (χ0v) is 15.1. The molecule has 6 nitrogen and oxygen atoms in total. The molecule has 0 saturated heterocycles. The molecule has 3 rings (SSSR count). The van der Waals surface area contributed by atoms with Crippen molar-refractivity contribution in [1.29, 1.82) is 0 Å². The second-order valence-corrected chi connectivity index (χ2v) is 6.43. The van der Waals surface area contributed by atoms with Gasteiger partial charge in [0, 0.05) is 18.2 Å². The van der Waals surface area contributed by atoms with Gasteiger partial charge in [-0.05, 0) is 36.2 Å². The lowest BCUT2D eigenvalue weighted by atomic mass is 10.1. The maximum atomic E-state index is 13.7. The average molecular weight is 372 g/mol. The lowest BCUT2D eigenvalue weighted by molar-refractivity contribution is -0.126. The molecule has 1 unspecified atom stereocenters. The number of amides is 2. The van der Waals surface area contributed by atoms with E-state index in [4.69, 9.17) is 4.74 Å². The molecule has 1 aliphatic heterocycles. The van der Waals surface area contributed by atoms with Crippen LogP contribution >= 0.6 is 0 Å². The van der Waals surface area contributed by atoms with Crippen LogP contribution in [0.3, 0.4) is 0 Å². The first-order valence-corrected chi connectivity index (χ1v) is 8.59. The number of methoxy groups -OCH3 is 1. The molecule has 0 spiro atoms. The molecule has 0 bridgehead atoms. The van der Waals surface area contributed by atoms with Crippen LogP contribution in [0.25, 0.3) is 0 Å². The first-order valence-electron chi connectivity index (χ1n) is 8.59. The number of hydrogen-bond acceptors (Lipinski definition) is 4. The number of carbonyl (C=O) groups is 2. The van der Waals surface area contributed by atoms with Crippen LogP contribution in [0.4, 0.5) is 4.39 Å². The summed E-state index contributed by atoms with van der Waals surface area (Å²) in [5, 5.41) is 12.3. The Hall–Kier alpha value is -2.93. The highest BCUT2D eigenvalue weighted by Crippen LogP contribution is 2.25. The SMILES string of the molecule is COc1cc(F)cc([C@@H](CO)NC(=O)C(C)N2Cc3ccccc3C2=O)c1. The number of fused-ring (bicyclic) bond motifs is 1. The quantitative estimate of drug-likeness (QED) is 0.813. The van der Waals surface area contributed by atoms with Gasteiger partial charge in [0.2, 0.25) is 5.91 Å². The molecule has 7 heteroatoms. The van der Waals surface area contributed by atoms with E-state index < -0.39 is 30.4 Å². The molecular formula is C20H21FN2O4. The second kappa shape index (κ2) is 7.75. The van der Waals surface area contributed by atoms with Crippen molar-refractivity contribution in [2.45, 2.75) is 25.6 Å². The van der Waals surface area contributed by atoms with Gasteiger partial charge in [-0.1, -0.05) is 18.2 Å². The number of nitrogens with one attached hydrogen (secondary N) is 1. The minimum absolute atomic E-state index is 0.207. The molecule has 142 valence electrons. The number of halogens is 1. The van der Waals surface area contributed by atoms with E-state index in [0.717, 1.165) is 5.56 Å². The Kier molecular flexibility index (Phi) is 5.41. The summed E-state index contributed by atoms with van der Waals surface area (Å²) in [6, 6.07) is 9.65. The fraction of sp³-hybridized carbons (Fsp3) is 0.300. The van der Waals surface area contributed by atoms with Crippen LogP contribution in [0.2, 0.25) is 0 Å². The van der Waals surface area contributed by atoms with Gasteiger partial charge >= 0.3 is 0 Å².